The van der Waals surface area contributed by atoms with Crippen LogP contribution < -0.4 is 0 Å². The fourth-order valence-corrected chi connectivity index (χ4v) is 5.87. The van der Waals surface area contributed by atoms with Crippen molar-refractivity contribution < 1.29 is 13.2 Å². The maximum Gasteiger partial charge on any atom is 0.228 e. The molecule has 1 atom stereocenters. The van der Waals surface area contributed by atoms with Crippen LogP contribution in [0.4, 0.5) is 0 Å². The molecule has 2 heterocycles. The van der Waals surface area contributed by atoms with Crippen LogP contribution in [0.1, 0.15) is 37.9 Å². The Hall–Kier alpha value is -1.70. The molecule has 0 unspecified atom stereocenters. The topological polar surface area (TPSA) is 64.4 Å². The van der Waals surface area contributed by atoms with E-state index in [0.717, 1.165) is 37.4 Å². The zero-order chi connectivity index (χ0) is 20.9. The minimum Gasteiger partial charge on any atom is -0.384 e. The number of sulfone groups is 1. The van der Waals surface area contributed by atoms with Gasteiger partial charge in [-0.05, 0) is 36.8 Å². The Morgan fingerprint density at radius 1 is 1.21 bits per heavy atom. The van der Waals surface area contributed by atoms with Crippen LogP contribution in [-0.4, -0.2) is 55.4 Å². The van der Waals surface area contributed by atoms with Crippen molar-refractivity contribution in [1.29, 1.82) is 0 Å². The van der Waals surface area contributed by atoms with Crippen LogP contribution >= 0.6 is 0 Å². The predicted octanol–water partition coefficient (Wildman–Crippen LogP) is 3.22. The maximum atomic E-state index is 13.0. The van der Waals surface area contributed by atoms with Crippen LogP contribution in [0.2, 0.25) is 0 Å². The van der Waals surface area contributed by atoms with Gasteiger partial charge in [-0.25, -0.2) is 13.4 Å². The van der Waals surface area contributed by atoms with E-state index in [-0.39, 0.29) is 16.8 Å². The van der Waals surface area contributed by atoms with Gasteiger partial charge in [0.15, 0.2) is 0 Å². The van der Waals surface area contributed by atoms with Gasteiger partial charge in [-0.1, -0.05) is 44.2 Å². The maximum absolute atomic E-state index is 13.0. The minimum atomic E-state index is -3.44. The molecule has 1 aliphatic heterocycles. The molecule has 6 nitrogen and oxygen atoms in total. The van der Waals surface area contributed by atoms with E-state index in [1.165, 1.54) is 6.42 Å². The lowest BCUT2D eigenvalue weighted by Gasteiger charge is -2.32. The standard InChI is InChI=1S/C22H33N3O3S/c1-18(2)17-29(26,27)22-23-12-21(25(22)14-19-8-5-4-6-9-19)15-24-11-7-10-20(13-24)16-28-3/h4-6,8-9,12,18,20H,7,10-11,13-17H2,1-3H3/t20-/m0/s1. The smallest absolute Gasteiger partial charge is 0.228 e. The molecule has 0 aliphatic carbocycles. The molecule has 0 radical (unpaired) electrons. The highest BCUT2D eigenvalue weighted by molar-refractivity contribution is 7.91. The quantitative estimate of drug-likeness (QED) is 0.624. The van der Waals surface area contributed by atoms with Gasteiger partial charge in [0.2, 0.25) is 15.0 Å². The van der Waals surface area contributed by atoms with Crippen molar-refractivity contribution in [3.05, 3.63) is 47.8 Å². The summed E-state index contributed by atoms with van der Waals surface area (Å²) in [6.45, 7) is 7.83. The molecule has 3 rings (SSSR count). The molecule has 1 aromatic heterocycles. The van der Waals surface area contributed by atoms with Crippen molar-refractivity contribution in [2.75, 3.05) is 32.6 Å². The van der Waals surface area contributed by atoms with Crippen LogP contribution in [0.5, 0.6) is 0 Å². The molecule has 0 saturated carbocycles. The fourth-order valence-electron chi connectivity index (χ4n) is 4.11. The first-order valence-electron chi connectivity index (χ1n) is 10.4. The number of nitrogens with zero attached hydrogens (tertiary/aromatic N) is 3. The lowest BCUT2D eigenvalue weighted by atomic mass is 9.99. The molecule has 0 spiro atoms. The molecule has 1 aromatic carbocycles. The second kappa shape index (κ2) is 9.87. The van der Waals surface area contributed by atoms with E-state index in [2.05, 4.69) is 9.88 Å². The number of rotatable bonds is 9. The molecule has 0 amide bonds. The molecular formula is C22H33N3O3S. The normalized spacial score (nSPS) is 18.4. The first-order valence-corrected chi connectivity index (χ1v) is 12.1. The number of hydrogen-bond acceptors (Lipinski definition) is 5. The van der Waals surface area contributed by atoms with Gasteiger partial charge < -0.3 is 9.30 Å². The van der Waals surface area contributed by atoms with Gasteiger partial charge >= 0.3 is 0 Å². The summed E-state index contributed by atoms with van der Waals surface area (Å²) in [5.74, 6) is 0.698. The van der Waals surface area contributed by atoms with E-state index in [9.17, 15) is 8.42 Å². The average Bonchev–Trinajstić information content (AvgIpc) is 3.05. The monoisotopic (exact) mass is 419 g/mol. The van der Waals surface area contributed by atoms with Gasteiger partial charge in [0.1, 0.15) is 0 Å². The summed E-state index contributed by atoms with van der Waals surface area (Å²) < 4.78 is 33.2. The third kappa shape index (κ3) is 5.90. The van der Waals surface area contributed by atoms with Gasteiger partial charge in [0.05, 0.1) is 30.8 Å². The molecule has 0 N–H and O–H groups in total. The fraction of sp³-hybridized carbons (Fsp3) is 0.591. The van der Waals surface area contributed by atoms with Crippen LogP contribution in [0.3, 0.4) is 0 Å². The number of likely N-dealkylation sites (tertiary alicyclic amines) is 1. The molecule has 1 aliphatic rings. The van der Waals surface area contributed by atoms with Crippen LogP contribution in [-0.2, 0) is 27.7 Å². The van der Waals surface area contributed by atoms with E-state index >= 15 is 0 Å². The van der Waals surface area contributed by atoms with Gasteiger partial charge in [-0.2, -0.15) is 0 Å². The van der Waals surface area contributed by atoms with Gasteiger partial charge in [0, 0.05) is 20.2 Å². The van der Waals surface area contributed by atoms with E-state index in [1.54, 1.807) is 13.3 Å². The predicted molar refractivity (Wildman–Crippen MR) is 115 cm³/mol. The largest absolute Gasteiger partial charge is 0.384 e. The Labute approximate surface area is 174 Å². The van der Waals surface area contributed by atoms with Gasteiger partial charge in [0.25, 0.3) is 0 Å². The van der Waals surface area contributed by atoms with Crippen molar-refractivity contribution >= 4 is 9.84 Å². The van der Waals surface area contributed by atoms with Crippen LogP contribution in [0.15, 0.2) is 41.7 Å². The van der Waals surface area contributed by atoms with Crippen molar-refractivity contribution in [2.45, 2.75) is 44.9 Å². The number of aromatic nitrogens is 2. The summed E-state index contributed by atoms with van der Waals surface area (Å²) in [6, 6.07) is 9.98. The first kappa shape index (κ1) is 22.0. The Morgan fingerprint density at radius 3 is 2.66 bits per heavy atom. The number of benzene rings is 1. The van der Waals surface area contributed by atoms with Crippen molar-refractivity contribution in [2.24, 2.45) is 11.8 Å². The van der Waals surface area contributed by atoms with Crippen molar-refractivity contribution in [3.8, 4) is 0 Å². The molecule has 7 heteroatoms. The molecule has 2 aromatic rings. The highest BCUT2D eigenvalue weighted by Crippen LogP contribution is 2.22. The number of methoxy groups -OCH3 is 1. The molecule has 1 fully saturated rings. The molecular weight excluding hydrogens is 386 g/mol. The first-order chi connectivity index (χ1) is 13.9. The van der Waals surface area contributed by atoms with Gasteiger partial charge in [-0.15, -0.1) is 0 Å². The minimum absolute atomic E-state index is 0.0576. The third-order valence-electron chi connectivity index (χ3n) is 5.31. The summed E-state index contributed by atoms with van der Waals surface area (Å²) in [5.41, 5.74) is 2.03. The molecule has 1 saturated heterocycles. The van der Waals surface area contributed by atoms with Gasteiger partial charge in [-0.3, -0.25) is 4.90 Å². The number of piperidine rings is 1. The second-order valence-corrected chi connectivity index (χ2v) is 10.4. The number of ether oxygens (including phenoxy) is 1. The van der Waals surface area contributed by atoms with Crippen LogP contribution in [0, 0.1) is 11.8 Å². The third-order valence-corrected chi connectivity index (χ3v) is 7.29. The van der Waals surface area contributed by atoms with E-state index in [4.69, 9.17) is 4.74 Å². The zero-order valence-electron chi connectivity index (χ0n) is 17.8. The van der Waals surface area contributed by atoms with E-state index < -0.39 is 9.84 Å². The Balaban J connectivity index is 1.88. The Kier molecular flexibility index (Phi) is 7.49. The molecule has 29 heavy (non-hydrogen) atoms. The molecule has 0 bridgehead atoms. The highest BCUT2D eigenvalue weighted by atomic mass is 32.2. The van der Waals surface area contributed by atoms with E-state index in [1.807, 2.05) is 48.7 Å². The van der Waals surface area contributed by atoms with Crippen LogP contribution in [0.25, 0.3) is 0 Å². The average molecular weight is 420 g/mol. The summed E-state index contributed by atoms with van der Waals surface area (Å²) in [5, 5.41) is 0.190. The zero-order valence-corrected chi connectivity index (χ0v) is 18.6. The number of imidazole rings is 1. The Bertz CT molecular complexity index is 876. The molecule has 160 valence electrons. The SMILES string of the molecule is COC[C@H]1CCCN(Cc2cnc(S(=O)(=O)CC(C)C)n2Cc2ccccc2)C1. The lowest BCUT2D eigenvalue weighted by molar-refractivity contribution is 0.0862. The summed E-state index contributed by atoms with van der Waals surface area (Å²) in [7, 11) is -1.69. The highest BCUT2D eigenvalue weighted by Gasteiger charge is 2.26. The van der Waals surface area contributed by atoms with Crippen molar-refractivity contribution in [3.63, 3.8) is 0 Å². The lowest BCUT2D eigenvalue weighted by Crippen LogP contribution is -2.37. The summed E-state index contributed by atoms with van der Waals surface area (Å²) in [6.07, 6.45) is 4.07. The Morgan fingerprint density at radius 2 is 1.97 bits per heavy atom. The van der Waals surface area contributed by atoms with Crippen molar-refractivity contribution in [1.82, 2.24) is 14.5 Å². The second-order valence-electron chi connectivity index (χ2n) is 8.48. The summed E-state index contributed by atoms with van der Waals surface area (Å²) >= 11 is 0. The van der Waals surface area contributed by atoms with E-state index in [0.29, 0.717) is 19.0 Å². The summed E-state index contributed by atoms with van der Waals surface area (Å²) in [4.78, 5) is 6.77. The number of hydrogen-bond donors (Lipinski definition) is 0.